The molecule has 1 aliphatic heterocycles. The van der Waals surface area contributed by atoms with Gasteiger partial charge in [-0.15, -0.1) is 0 Å². The third-order valence-electron chi connectivity index (χ3n) is 2.16. The van der Waals surface area contributed by atoms with Crippen LogP contribution in [0.2, 0.25) is 0 Å². The molecule has 60 valence electrons. The topological polar surface area (TPSA) is 15.3 Å². The fraction of sp³-hybridized carbons (Fsp3) is 1.00. The minimum Gasteiger partial charge on any atom is -0.316 e. The van der Waals surface area contributed by atoms with E-state index in [-0.39, 0.29) is 0 Å². The molecule has 1 rings (SSSR count). The summed E-state index contributed by atoms with van der Waals surface area (Å²) in [6, 6.07) is 0. The summed E-state index contributed by atoms with van der Waals surface area (Å²) in [4.78, 5) is 0. The van der Waals surface area contributed by atoms with Crippen LogP contribution in [-0.2, 0) is 0 Å². The van der Waals surface area contributed by atoms with Gasteiger partial charge in [0.1, 0.15) is 0 Å². The molecule has 0 aromatic carbocycles. The number of hydrogen-bond donors (Lipinski definition) is 1. The number of halogens is 1. The zero-order chi connectivity index (χ0) is 7.56. The summed E-state index contributed by atoms with van der Waals surface area (Å²) >= 11 is 2.35. The molecule has 0 amide bonds. The van der Waals surface area contributed by atoms with Gasteiger partial charge in [-0.05, 0) is 32.0 Å². The summed E-state index contributed by atoms with van der Waals surface area (Å²) < 4.78 is 2.24. The first-order valence-corrected chi connectivity index (χ1v) is 4.74. The van der Waals surface area contributed by atoms with E-state index < -0.39 is 0 Å². The molecule has 1 aliphatic rings. The minimum atomic E-state index is 0.859. The van der Waals surface area contributed by atoms with Crippen molar-refractivity contribution < 1.29 is 0 Å². The lowest BCUT2D eigenvalue weighted by atomic mass is 9.98. The largest absolute Gasteiger partial charge is 0.316 e. The quantitative estimate of drug-likeness (QED) is 0.587. The summed E-state index contributed by atoms with van der Waals surface area (Å²) in [5.41, 5.74) is 0. The monoisotopic (exact) mass is 254 g/mol. The van der Waals surface area contributed by atoms with Gasteiger partial charge in [0.05, 0.1) is 0 Å². The molecule has 0 spiro atoms. The molecule has 2 unspecified atom stereocenters. The van der Waals surface area contributed by atoms with E-state index >= 15 is 0 Å². The maximum absolute atomic E-state index is 3.40. The molecule has 3 heteroatoms. The van der Waals surface area contributed by atoms with Gasteiger partial charge in [-0.3, -0.25) is 3.11 Å². The van der Waals surface area contributed by atoms with Crippen molar-refractivity contribution in [3.05, 3.63) is 0 Å². The number of nitrogens with one attached hydrogen (secondary N) is 1. The summed E-state index contributed by atoms with van der Waals surface area (Å²) in [6.07, 6.45) is 0. The predicted octanol–water partition coefficient (Wildman–Crippen LogP) is 1.12. The van der Waals surface area contributed by atoms with Gasteiger partial charge < -0.3 is 5.32 Å². The van der Waals surface area contributed by atoms with E-state index in [1.807, 2.05) is 0 Å². The van der Waals surface area contributed by atoms with E-state index in [0.717, 1.165) is 11.8 Å². The Morgan fingerprint density at radius 3 is 2.70 bits per heavy atom. The van der Waals surface area contributed by atoms with Gasteiger partial charge >= 0.3 is 0 Å². The van der Waals surface area contributed by atoms with Gasteiger partial charge in [-0.2, -0.15) is 0 Å². The number of rotatable bonds is 2. The van der Waals surface area contributed by atoms with Crippen LogP contribution in [0.5, 0.6) is 0 Å². The molecule has 10 heavy (non-hydrogen) atoms. The second-order valence-corrected chi connectivity index (χ2v) is 4.83. The molecule has 2 nitrogen and oxygen atoms in total. The van der Waals surface area contributed by atoms with Crippen molar-refractivity contribution in [3.8, 4) is 0 Å². The second-order valence-electron chi connectivity index (χ2n) is 3.18. The zero-order valence-corrected chi connectivity index (χ0v) is 8.76. The standard InChI is InChI=1S/C7H15IN2/c1-6-3-9-4-7(6)5-10(2)8/h6-7,9H,3-5H2,1-2H3. The Morgan fingerprint density at radius 2 is 2.30 bits per heavy atom. The van der Waals surface area contributed by atoms with Crippen LogP contribution in [0.1, 0.15) is 6.92 Å². The Hall–Kier alpha value is 0.650. The van der Waals surface area contributed by atoms with Gasteiger partial charge in [0, 0.05) is 29.4 Å². The Kier molecular flexibility index (Phi) is 3.39. The van der Waals surface area contributed by atoms with Crippen LogP contribution in [0.25, 0.3) is 0 Å². The molecule has 0 saturated carbocycles. The number of hydrogen-bond acceptors (Lipinski definition) is 2. The molecule has 0 bridgehead atoms. The van der Waals surface area contributed by atoms with Gasteiger partial charge in [-0.25, -0.2) is 0 Å². The fourth-order valence-corrected chi connectivity index (χ4v) is 1.94. The van der Waals surface area contributed by atoms with Crippen molar-refractivity contribution in [1.29, 1.82) is 0 Å². The lowest BCUT2D eigenvalue weighted by molar-refractivity contribution is 0.386. The highest BCUT2D eigenvalue weighted by Gasteiger charge is 2.23. The van der Waals surface area contributed by atoms with Crippen LogP contribution in [0, 0.1) is 11.8 Å². The van der Waals surface area contributed by atoms with Crippen LogP contribution in [0.4, 0.5) is 0 Å². The molecule has 0 aliphatic carbocycles. The van der Waals surface area contributed by atoms with E-state index in [2.05, 4.69) is 45.3 Å². The van der Waals surface area contributed by atoms with E-state index in [1.54, 1.807) is 0 Å². The highest BCUT2D eigenvalue weighted by atomic mass is 127. The van der Waals surface area contributed by atoms with Crippen LogP contribution in [0.3, 0.4) is 0 Å². The van der Waals surface area contributed by atoms with Gasteiger partial charge in [0.2, 0.25) is 0 Å². The lowest BCUT2D eigenvalue weighted by Crippen LogP contribution is -2.22. The molecular weight excluding hydrogens is 239 g/mol. The Bertz CT molecular complexity index is 106. The SMILES string of the molecule is CC1CNCC1CN(C)I. The van der Waals surface area contributed by atoms with E-state index in [9.17, 15) is 0 Å². The van der Waals surface area contributed by atoms with Crippen LogP contribution < -0.4 is 5.32 Å². The molecule has 1 heterocycles. The summed E-state index contributed by atoms with van der Waals surface area (Å²) in [5.74, 6) is 1.72. The first kappa shape index (κ1) is 8.74. The van der Waals surface area contributed by atoms with Crippen molar-refractivity contribution in [1.82, 2.24) is 8.43 Å². The lowest BCUT2D eigenvalue weighted by Gasteiger charge is -2.16. The van der Waals surface area contributed by atoms with Crippen molar-refractivity contribution in [2.75, 3.05) is 26.7 Å². The van der Waals surface area contributed by atoms with Crippen molar-refractivity contribution in [3.63, 3.8) is 0 Å². The minimum absolute atomic E-state index is 0.859. The highest BCUT2D eigenvalue weighted by Crippen LogP contribution is 2.17. The Morgan fingerprint density at radius 1 is 1.60 bits per heavy atom. The first-order chi connectivity index (χ1) is 4.70. The van der Waals surface area contributed by atoms with Crippen LogP contribution in [-0.4, -0.2) is 29.8 Å². The molecule has 2 atom stereocenters. The molecule has 0 aromatic heterocycles. The molecule has 1 fully saturated rings. The molecular formula is C7H15IN2. The summed E-state index contributed by atoms with van der Waals surface area (Å²) in [6.45, 7) is 5.95. The second kappa shape index (κ2) is 3.88. The molecule has 0 aromatic rings. The van der Waals surface area contributed by atoms with E-state index in [1.165, 1.54) is 19.6 Å². The average molecular weight is 254 g/mol. The van der Waals surface area contributed by atoms with Crippen molar-refractivity contribution in [2.24, 2.45) is 11.8 Å². The Labute approximate surface area is 76.9 Å². The predicted molar refractivity (Wildman–Crippen MR) is 52.2 cm³/mol. The zero-order valence-electron chi connectivity index (χ0n) is 6.60. The fourth-order valence-electron chi connectivity index (χ4n) is 1.43. The van der Waals surface area contributed by atoms with E-state index in [0.29, 0.717) is 0 Å². The average Bonchev–Trinajstić information content (AvgIpc) is 2.15. The normalized spacial score (nSPS) is 33.6. The van der Waals surface area contributed by atoms with Crippen LogP contribution >= 0.6 is 22.9 Å². The van der Waals surface area contributed by atoms with Gasteiger partial charge in [-0.1, -0.05) is 6.92 Å². The smallest absolute Gasteiger partial charge is 0.0198 e. The molecule has 1 saturated heterocycles. The molecule has 0 radical (unpaired) electrons. The van der Waals surface area contributed by atoms with E-state index in [4.69, 9.17) is 0 Å². The highest BCUT2D eigenvalue weighted by molar-refractivity contribution is 14.1. The van der Waals surface area contributed by atoms with Gasteiger partial charge in [0.25, 0.3) is 0 Å². The third-order valence-corrected chi connectivity index (χ3v) is 2.56. The summed E-state index contributed by atoms with van der Waals surface area (Å²) in [7, 11) is 2.13. The van der Waals surface area contributed by atoms with Crippen molar-refractivity contribution >= 4 is 22.9 Å². The summed E-state index contributed by atoms with van der Waals surface area (Å²) in [5, 5.41) is 3.40. The number of nitrogens with zero attached hydrogens (tertiary/aromatic N) is 1. The van der Waals surface area contributed by atoms with Crippen LogP contribution in [0.15, 0.2) is 0 Å². The first-order valence-electron chi connectivity index (χ1n) is 3.78. The molecule has 1 N–H and O–H groups in total. The van der Waals surface area contributed by atoms with Crippen molar-refractivity contribution in [2.45, 2.75) is 6.92 Å². The van der Waals surface area contributed by atoms with Gasteiger partial charge in [0.15, 0.2) is 0 Å². The maximum atomic E-state index is 3.40. The third kappa shape index (κ3) is 2.36. The maximum Gasteiger partial charge on any atom is 0.0198 e. The Balaban J connectivity index is 2.26.